The predicted octanol–water partition coefficient (Wildman–Crippen LogP) is 2.91. The SMILES string of the molecule is O=C(Nc1ccc(F)cc1)c1cc2c3c(c1)CCN3C(=O)CC2. The van der Waals surface area contributed by atoms with E-state index in [4.69, 9.17) is 0 Å². The molecule has 23 heavy (non-hydrogen) atoms. The molecule has 0 saturated carbocycles. The van der Waals surface area contributed by atoms with Gasteiger partial charge in [0.2, 0.25) is 5.91 Å². The van der Waals surface area contributed by atoms with Crippen molar-refractivity contribution in [2.45, 2.75) is 19.3 Å². The summed E-state index contributed by atoms with van der Waals surface area (Å²) in [5.41, 5.74) is 4.25. The van der Waals surface area contributed by atoms with Crippen LogP contribution in [0.4, 0.5) is 15.8 Å². The molecule has 2 aromatic rings. The van der Waals surface area contributed by atoms with E-state index in [9.17, 15) is 14.0 Å². The minimum atomic E-state index is -0.338. The van der Waals surface area contributed by atoms with E-state index in [1.165, 1.54) is 24.3 Å². The van der Waals surface area contributed by atoms with Crippen LogP contribution in [0.25, 0.3) is 0 Å². The number of aryl methyl sites for hydroxylation is 1. The van der Waals surface area contributed by atoms with Crippen LogP contribution in [0, 0.1) is 5.82 Å². The highest BCUT2D eigenvalue weighted by molar-refractivity contribution is 6.06. The number of nitrogens with one attached hydrogen (secondary N) is 1. The molecule has 4 nitrogen and oxygen atoms in total. The van der Waals surface area contributed by atoms with Crippen molar-refractivity contribution >= 4 is 23.2 Å². The Kier molecular flexibility index (Phi) is 3.15. The van der Waals surface area contributed by atoms with Crippen molar-refractivity contribution in [3.63, 3.8) is 0 Å². The van der Waals surface area contributed by atoms with E-state index in [0.717, 1.165) is 23.2 Å². The highest BCUT2D eigenvalue weighted by Crippen LogP contribution is 2.37. The van der Waals surface area contributed by atoms with E-state index in [1.54, 1.807) is 0 Å². The molecule has 1 N–H and O–H groups in total. The second-order valence-corrected chi connectivity index (χ2v) is 5.90. The van der Waals surface area contributed by atoms with Gasteiger partial charge in [-0.05, 0) is 60.4 Å². The lowest BCUT2D eigenvalue weighted by Gasteiger charge is -2.25. The first-order valence-corrected chi connectivity index (χ1v) is 7.65. The van der Waals surface area contributed by atoms with Crippen LogP contribution in [0.1, 0.15) is 27.9 Å². The van der Waals surface area contributed by atoms with Crippen LogP contribution in [0.5, 0.6) is 0 Å². The molecular formula is C18H15FN2O2. The van der Waals surface area contributed by atoms with E-state index in [1.807, 2.05) is 17.0 Å². The standard InChI is InChI=1S/C18H15FN2O2/c19-14-2-4-15(5-3-14)20-18(23)13-9-11-1-6-16(22)21-8-7-12(10-13)17(11)21/h2-5,9-10H,1,6-8H2,(H,20,23). The van der Waals surface area contributed by atoms with Crippen LogP contribution < -0.4 is 10.2 Å². The highest BCUT2D eigenvalue weighted by atomic mass is 19.1. The summed E-state index contributed by atoms with van der Waals surface area (Å²) in [5, 5.41) is 2.78. The molecular weight excluding hydrogens is 295 g/mol. The molecule has 0 aromatic heterocycles. The van der Waals surface area contributed by atoms with E-state index < -0.39 is 0 Å². The third-order valence-corrected chi connectivity index (χ3v) is 4.42. The van der Waals surface area contributed by atoms with Crippen LogP contribution in [0.2, 0.25) is 0 Å². The van der Waals surface area contributed by atoms with Gasteiger partial charge in [0.05, 0.1) is 5.69 Å². The maximum Gasteiger partial charge on any atom is 0.255 e. The summed E-state index contributed by atoms with van der Waals surface area (Å²) < 4.78 is 12.9. The van der Waals surface area contributed by atoms with E-state index in [-0.39, 0.29) is 17.6 Å². The molecule has 2 amide bonds. The summed E-state index contributed by atoms with van der Waals surface area (Å²) in [7, 11) is 0. The van der Waals surface area contributed by atoms with Crippen molar-refractivity contribution in [2.24, 2.45) is 0 Å². The van der Waals surface area contributed by atoms with Crippen molar-refractivity contribution in [1.82, 2.24) is 0 Å². The molecule has 0 unspecified atom stereocenters. The topological polar surface area (TPSA) is 49.4 Å². The highest BCUT2D eigenvalue weighted by Gasteiger charge is 2.31. The molecule has 116 valence electrons. The quantitative estimate of drug-likeness (QED) is 0.927. The van der Waals surface area contributed by atoms with Gasteiger partial charge in [0.25, 0.3) is 5.91 Å². The van der Waals surface area contributed by atoms with Crippen molar-refractivity contribution in [1.29, 1.82) is 0 Å². The van der Waals surface area contributed by atoms with Crippen LogP contribution in [-0.2, 0) is 17.6 Å². The summed E-state index contributed by atoms with van der Waals surface area (Å²) in [6.07, 6.45) is 1.95. The van der Waals surface area contributed by atoms with Gasteiger partial charge < -0.3 is 10.2 Å². The first-order chi connectivity index (χ1) is 11.1. The number of nitrogens with zero attached hydrogens (tertiary/aromatic N) is 1. The molecule has 2 aliphatic rings. The van der Waals surface area contributed by atoms with Gasteiger partial charge in [-0.2, -0.15) is 0 Å². The number of anilines is 2. The predicted molar refractivity (Wildman–Crippen MR) is 85.2 cm³/mol. The molecule has 0 fully saturated rings. The Hall–Kier alpha value is -2.69. The first kappa shape index (κ1) is 13.9. The third-order valence-electron chi connectivity index (χ3n) is 4.42. The number of halogens is 1. The Bertz CT molecular complexity index is 815. The van der Waals surface area contributed by atoms with Crippen molar-refractivity contribution in [3.8, 4) is 0 Å². The molecule has 2 aromatic carbocycles. The van der Waals surface area contributed by atoms with Crippen LogP contribution in [-0.4, -0.2) is 18.4 Å². The van der Waals surface area contributed by atoms with Crippen LogP contribution in [0.15, 0.2) is 36.4 Å². The Morgan fingerprint density at radius 2 is 1.74 bits per heavy atom. The molecule has 4 rings (SSSR count). The first-order valence-electron chi connectivity index (χ1n) is 7.65. The molecule has 0 atom stereocenters. The largest absolute Gasteiger partial charge is 0.322 e. The normalized spacial score (nSPS) is 15.5. The fraction of sp³-hybridized carbons (Fsp3) is 0.222. The molecule has 2 heterocycles. The number of rotatable bonds is 2. The summed E-state index contributed by atoms with van der Waals surface area (Å²) in [6.45, 7) is 0.699. The Morgan fingerprint density at radius 1 is 1.04 bits per heavy atom. The zero-order valence-corrected chi connectivity index (χ0v) is 12.4. The zero-order chi connectivity index (χ0) is 16.0. The van der Waals surface area contributed by atoms with Gasteiger partial charge in [-0.3, -0.25) is 9.59 Å². The van der Waals surface area contributed by atoms with E-state index in [0.29, 0.717) is 30.6 Å². The Labute approximate surface area is 132 Å². The summed E-state index contributed by atoms with van der Waals surface area (Å²) in [5.74, 6) is -0.388. The molecule has 0 aliphatic carbocycles. The van der Waals surface area contributed by atoms with Crippen molar-refractivity contribution in [3.05, 3.63) is 58.9 Å². The third kappa shape index (κ3) is 2.38. The number of carbonyl (C=O) groups excluding carboxylic acids is 2. The zero-order valence-electron chi connectivity index (χ0n) is 12.4. The van der Waals surface area contributed by atoms with Gasteiger partial charge in [-0.25, -0.2) is 4.39 Å². The maximum absolute atomic E-state index is 12.9. The smallest absolute Gasteiger partial charge is 0.255 e. The average Bonchev–Trinajstić information content (AvgIpc) is 2.98. The van der Waals surface area contributed by atoms with Gasteiger partial charge in [0.1, 0.15) is 5.82 Å². The minimum Gasteiger partial charge on any atom is -0.322 e. The van der Waals surface area contributed by atoms with E-state index >= 15 is 0 Å². The number of hydrogen-bond donors (Lipinski definition) is 1. The molecule has 0 saturated heterocycles. The number of benzene rings is 2. The minimum absolute atomic E-state index is 0.166. The van der Waals surface area contributed by atoms with Gasteiger partial charge in [0, 0.05) is 24.2 Å². The van der Waals surface area contributed by atoms with Gasteiger partial charge >= 0.3 is 0 Å². The second kappa shape index (κ2) is 5.19. The van der Waals surface area contributed by atoms with Gasteiger partial charge in [-0.15, -0.1) is 0 Å². The van der Waals surface area contributed by atoms with Gasteiger partial charge in [0.15, 0.2) is 0 Å². The fourth-order valence-corrected chi connectivity index (χ4v) is 3.33. The Morgan fingerprint density at radius 3 is 2.48 bits per heavy atom. The summed E-state index contributed by atoms with van der Waals surface area (Å²) >= 11 is 0. The fourth-order valence-electron chi connectivity index (χ4n) is 3.33. The van der Waals surface area contributed by atoms with Crippen LogP contribution in [0.3, 0.4) is 0 Å². The second-order valence-electron chi connectivity index (χ2n) is 5.90. The molecule has 0 radical (unpaired) electrons. The van der Waals surface area contributed by atoms with Crippen molar-refractivity contribution < 1.29 is 14.0 Å². The van der Waals surface area contributed by atoms with Gasteiger partial charge in [-0.1, -0.05) is 0 Å². The molecule has 0 bridgehead atoms. The lowest BCUT2D eigenvalue weighted by molar-refractivity contribution is -0.118. The lowest BCUT2D eigenvalue weighted by Crippen LogP contribution is -2.33. The summed E-state index contributed by atoms with van der Waals surface area (Å²) in [4.78, 5) is 26.2. The van der Waals surface area contributed by atoms with E-state index in [2.05, 4.69) is 5.32 Å². The average molecular weight is 310 g/mol. The summed E-state index contributed by atoms with van der Waals surface area (Å²) in [6, 6.07) is 9.41. The molecule has 5 heteroatoms. The number of carbonyl (C=O) groups is 2. The Balaban J connectivity index is 1.64. The monoisotopic (exact) mass is 310 g/mol. The number of hydrogen-bond acceptors (Lipinski definition) is 2. The van der Waals surface area contributed by atoms with Crippen molar-refractivity contribution in [2.75, 3.05) is 16.8 Å². The maximum atomic E-state index is 12.9. The number of amides is 2. The molecule has 2 aliphatic heterocycles. The van der Waals surface area contributed by atoms with Crippen LogP contribution >= 0.6 is 0 Å². The molecule has 0 spiro atoms. The lowest BCUT2D eigenvalue weighted by atomic mass is 9.96.